The number of esters is 2. The molecule has 0 radical (unpaired) electrons. The molecule has 0 rings (SSSR count). The fourth-order valence-corrected chi connectivity index (χ4v) is 7.38. The number of aliphatic hydroxyl groups excluding tert-OH is 1. The molecule has 0 spiro atoms. The maximum atomic E-state index is 12.3. The van der Waals surface area contributed by atoms with E-state index in [2.05, 4.69) is 86.8 Å². The molecule has 0 saturated heterocycles. The Bertz CT molecular complexity index is 1100. The molecule has 0 saturated carbocycles. The van der Waals surface area contributed by atoms with Gasteiger partial charge in [0.2, 0.25) is 0 Å². The van der Waals surface area contributed by atoms with Gasteiger partial charge in [-0.25, -0.2) is 0 Å². The fourth-order valence-electron chi connectivity index (χ4n) is 7.38. The van der Waals surface area contributed by atoms with Crippen LogP contribution in [0.2, 0.25) is 0 Å². The smallest absolute Gasteiger partial charge is 0.306 e. The van der Waals surface area contributed by atoms with Gasteiger partial charge in [-0.15, -0.1) is 0 Å². The van der Waals surface area contributed by atoms with Gasteiger partial charge in [-0.05, 0) is 64.2 Å². The summed E-state index contributed by atoms with van der Waals surface area (Å²) >= 11 is 0. The lowest BCUT2D eigenvalue weighted by atomic mass is 10.0. The number of aliphatic hydroxyl groups is 1. The molecule has 0 aromatic heterocycles. The Morgan fingerprint density at radius 2 is 0.705 bits per heavy atom. The molecule has 0 aromatic carbocycles. The summed E-state index contributed by atoms with van der Waals surface area (Å²) in [5.74, 6) is -0.601. The van der Waals surface area contributed by atoms with E-state index in [1.54, 1.807) is 0 Å². The zero-order valence-corrected chi connectivity index (χ0v) is 40.2. The topological polar surface area (TPSA) is 72.8 Å². The molecular formula is C56H98O5. The standard InChI is InChI=1S/C56H98O5/c1-3-5-7-9-11-13-15-17-19-21-23-25-27-28-29-31-33-35-37-39-41-43-45-47-49-51-56(59)61-54(52-57)53-60-55(58)50-48-46-44-42-40-38-36-34-32-30-26-24-22-20-18-16-14-12-10-8-6-4-2/h5,7,11,13,17,19,23,25,28-29,33,35,54,57H,3-4,6,8-10,12,14-16,18,20-22,24,26-27,30-32,34,36-53H2,1-2H3/b7-5-,13-11-,19-17-,25-23-,29-28-,35-33-. The molecule has 1 atom stereocenters. The summed E-state index contributed by atoms with van der Waals surface area (Å²) in [5, 5.41) is 9.63. The molecule has 5 nitrogen and oxygen atoms in total. The van der Waals surface area contributed by atoms with Gasteiger partial charge < -0.3 is 14.6 Å². The average Bonchev–Trinajstić information content (AvgIpc) is 3.26. The van der Waals surface area contributed by atoms with Gasteiger partial charge in [0.25, 0.3) is 0 Å². The molecule has 0 aliphatic carbocycles. The Kier molecular flexibility index (Phi) is 49.4. The molecule has 1 N–H and O–H groups in total. The van der Waals surface area contributed by atoms with Crippen LogP contribution in [-0.4, -0.2) is 36.4 Å². The quantitative estimate of drug-likeness (QED) is 0.0375. The second-order valence-corrected chi connectivity index (χ2v) is 17.2. The van der Waals surface area contributed by atoms with Crippen molar-refractivity contribution in [2.24, 2.45) is 0 Å². The number of carbonyl (C=O) groups excluding carboxylic acids is 2. The van der Waals surface area contributed by atoms with E-state index in [1.165, 1.54) is 141 Å². The molecule has 352 valence electrons. The third-order valence-electron chi connectivity index (χ3n) is 11.3. The molecule has 5 heteroatoms. The lowest BCUT2D eigenvalue weighted by Crippen LogP contribution is -2.28. The van der Waals surface area contributed by atoms with E-state index >= 15 is 0 Å². The molecule has 0 heterocycles. The van der Waals surface area contributed by atoms with Crippen LogP contribution >= 0.6 is 0 Å². The van der Waals surface area contributed by atoms with Crippen molar-refractivity contribution in [2.75, 3.05) is 13.2 Å². The summed E-state index contributed by atoms with van der Waals surface area (Å²) in [6.07, 6.45) is 69.9. The van der Waals surface area contributed by atoms with E-state index in [0.717, 1.165) is 83.5 Å². The van der Waals surface area contributed by atoms with Crippen LogP contribution in [0.15, 0.2) is 72.9 Å². The summed E-state index contributed by atoms with van der Waals surface area (Å²) in [6.45, 7) is 4.04. The lowest BCUT2D eigenvalue weighted by molar-refractivity contribution is -0.161. The number of allylic oxidation sites excluding steroid dienone is 12. The molecule has 0 fully saturated rings. The first-order valence-corrected chi connectivity index (χ1v) is 26.0. The average molecular weight is 851 g/mol. The van der Waals surface area contributed by atoms with Crippen molar-refractivity contribution in [1.82, 2.24) is 0 Å². The summed E-state index contributed by atoms with van der Waals surface area (Å²) in [7, 11) is 0. The molecule has 61 heavy (non-hydrogen) atoms. The van der Waals surface area contributed by atoms with Crippen LogP contribution in [0.3, 0.4) is 0 Å². The van der Waals surface area contributed by atoms with E-state index in [4.69, 9.17) is 9.47 Å². The van der Waals surface area contributed by atoms with Crippen LogP contribution in [0.5, 0.6) is 0 Å². The zero-order chi connectivity index (χ0) is 44.2. The third-order valence-corrected chi connectivity index (χ3v) is 11.3. The number of unbranched alkanes of at least 4 members (excludes halogenated alkanes) is 27. The van der Waals surface area contributed by atoms with E-state index in [1.807, 2.05) is 0 Å². The largest absolute Gasteiger partial charge is 0.462 e. The van der Waals surface area contributed by atoms with Gasteiger partial charge in [0.15, 0.2) is 6.10 Å². The Labute approximate surface area is 378 Å². The lowest BCUT2D eigenvalue weighted by Gasteiger charge is -2.15. The SMILES string of the molecule is CC/C=C\C/C=C\C/C=C\C/C=C\C/C=C\C/C=C\CCCCCCCCC(=O)OC(CO)COC(=O)CCCCCCCCCCCCCCCCCCCCCCCC. The van der Waals surface area contributed by atoms with Crippen LogP contribution in [-0.2, 0) is 19.1 Å². The summed E-state index contributed by atoms with van der Waals surface area (Å²) < 4.78 is 10.7. The minimum atomic E-state index is -0.782. The Morgan fingerprint density at radius 1 is 0.393 bits per heavy atom. The van der Waals surface area contributed by atoms with Crippen LogP contribution in [0.1, 0.15) is 251 Å². The molecule has 0 bridgehead atoms. The summed E-state index contributed by atoms with van der Waals surface area (Å²) in [5.41, 5.74) is 0. The monoisotopic (exact) mass is 851 g/mol. The summed E-state index contributed by atoms with van der Waals surface area (Å²) in [4.78, 5) is 24.5. The highest BCUT2D eigenvalue weighted by molar-refractivity contribution is 5.70. The van der Waals surface area contributed by atoms with E-state index in [-0.39, 0.29) is 25.2 Å². The van der Waals surface area contributed by atoms with Gasteiger partial charge in [0.1, 0.15) is 6.61 Å². The second kappa shape index (κ2) is 51.7. The fraction of sp³-hybridized carbons (Fsp3) is 0.750. The van der Waals surface area contributed by atoms with E-state index in [9.17, 15) is 14.7 Å². The molecule has 1 unspecified atom stereocenters. The first kappa shape index (κ1) is 58.3. The normalized spacial score (nSPS) is 12.8. The molecular weight excluding hydrogens is 753 g/mol. The predicted molar refractivity (Wildman–Crippen MR) is 265 cm³/mol. The zero-order valence-electron chi connectivity index (χ0n) is 40.2. The minimum absolute atomic E-state index is 0.0723. The Balaban J connectivity index is 3.54. The van der Waals surface area contributed by atoms with Gasteiger partial charge in [-0.2, -0.15) is 0 Å². The van der Waals surface area contributed by atoms with Crippen molar-refractivity contribution in [3.63, 3.8) is 0 Å². The second-order valence-electron chi connectivity index (χ2n) is 17.2. The van der Waals surface area contributed by atoms with E-state index < -0.39 is 6.10 Å². The number of hydrogen-bond donors (Lipinski definition) is 1. The van der Waals surface area contributed by atoms with Gasteiger partial charge >= 0.3 is 11.9 Å². The predicted octanol–water partition coefficient (Wildman–Crippen LogP) is 17.2. The molecule has 0 amide bonds. The van der Waals surface area contributed by atoms with Crippen molar-refractivity contribution < 1.29 is 24.2 Å². The number of ether oxygens (including phenoxy) is 2. The van der Waals surface area contributed by atoms with Crippen LogP contribution < -0.4 is 0 Å². The van der Waals surface area contributed by atoms with Crippen molar-refractivity contribution >= 4 is 11.9 Å². The first-order chi connectivity index (χ1) is 30.1. The highest BCUT2D eigenvalue weighted by Gasteiger charge is 2.16. The molecule has 0 aliphatic heterocycles. The van der Waals surface area contributed by atoms with Crippen molar-refractivity contribution in [3.8, 4) is 0 Å². The van der Waals surface area contributed by atoms with Crippen molar-refractivity contribution in [3.05, 3.63) is 72.9 Å². The van der Waals surface area contributed by atoms with Crippen molar-refractivity contribution in [2.45, 2.75) is 258 Å². The number of carbonyl (C=O) groups is 2. The highest BCUT2D eigenvalue weighted by atomic mass is 16.6. The Morgan fingerprint density at radius 3 is 1.07 bits per heavy atom. The number of hydrogen-bond acceptors (Lipinski definition) is 5. The first-order valence-electron chi connectivity index (χ1n) is 26.0. The summed E-state index contributed by atoms with van der Waals surface area (Å²) in [6, 6.07) is 0. The molecule has 0 aromatic rings. The Hall–Kier alpha value is -2.66. The van der Waals surface area contributed by atoms with Crippen LogP contribution in [0.25, 0.3) is 0 Å². The molecule has 0 aliphatic rings. The van der Waals surface area contributed by atoms with Gasteiger partial charge in [-0.1, -0.05) is 247 Å². The third kappa shape index (κ3) is 49.9. The van der Waals surface area contributed by atoms with Crippen LogP contribution in [0, 0.1) is 0 Å². The van der Waals surface area contributed by atoms with Crippen molar-refractivity contribution in [1.29, 1.82) is 0 Å². The van der Waals surface area contributed by atoms with Crippen LogP contribution in [0.4, 0.5) is 0 Å². The van der Waals surface area contributed by atoms with E-state index in [0.29, 0.717) is 12.8 Å². The number of rotatable bonds is 47. The van der Waals surface area contributed by atoms with Gasteiger partial charge in [-0.3, -0.25) is 9.59 Å². The minimum Gasteiger partial charge on any atom is -0.462 e. The van der Waals surface area contributed by atoms with Gasteiger partial charge in [0, 0.05) is 12.8 Å². The highest BCUT2D eigenvalue weighted by Crippen LogP contribution is 2.16. The van der Waals surface area contributed by atoms with Gasteiger partial charge in [0.05, 0.1) is 6.61 Å². The maximum Gasteiger partial charge on any atom is 0.306 e. The maximum absolute atomic E-state index is 12.3.